The zero-order chi connectivity index (χ0) is 27.3. The van der Waals surface area contributed by atoms with E-state index in [2.05, 4.69) is 31.4 Å². The lowest BCUT2D eigenvalue weighted by Gasteiger charge is -2.13. The van der Waals surface area contributed by atoms with Crippen LogP contribution in [0.1, 0.15) is 18.1 Å². The first-order chi connectivity index (χ1) is 18.1. The third-order valence-electron chi connectivity index (χ3n) is 5.65. The van der Waals surface area contributed by atoms with E-state index in [0.717, 1.165) is 27.4 Å². The smallest absolute Gasteiger partial charge is 0.262 e. The Morgan fingerprint density at radius 2 is 1.76 bits per heavy atom. The molecule has 0 unspecified atom stereocenters. The van der Waals surface area contributed by atoms with Gasteiger partial charge in [-0.05, 0) is 60.9 Å². The maximum absolute atomic E-state index is 13.3. The van der Waals surface area contributed by atoms with Gasteiger partial charge in [-0.25, -0.2) is 24.0 Å². The van der Waals surface area contributed by atoms with E-state index in [0.29, 0.717) is 28.2 Å². The lowest BCUT2D eigenvalue weighted by atomic mass is 10.1. The van der Waals surface area contributed by atoms with Crippen LogP contribution in [-0.4, -0.2) is 35.3 Å². The van der Waals surface area contributed by atoms with Gasteiger partial charge in [0.1, 0.15) is 0 Å². The molecule has 0 saturated carbocycles. The molecular weight excluding hydrogens is 590 g/mol. The average molecular weight is 615 g/mol. The molecule has 1 heterocycles. The summed E-state index contributed by atoms with van der Waals surface area (Å²) in [6.45, 7) is 2.09. The minimum absolute atomic E-state index is 0.00492. The largest absolute Gasteiger partial charge is 0.287 e. The van der Waals surface area contributed by atoms with E-state index in [-0.39, 0.29) is 28.7 Å². The van der Waals surface area contributed by atoms with E-state index in [4.69, 9.17) is 5.14 Å². The number of rotatable bonds is 9. The molecule has 0 saturated heterocycles. The highest BCUT2D eigenvalue weighted by Gasteiger charge is 2.14. The van der Waals surface area contributed by atoms with Crippen molar-refractivity contribution in [3.8, 4) is 0 Å². The summed E-state index contributed by atoms with van der Waals surface area (Å²) in [5, 5.41) is 10.2. The molecule has 0 spiro atoms. The molecular formula is C26H24BrN5O4S2. The SMILES string of the molecule is C/C(=N\NC(=O)CSc1nc2ccccc2c(=O)n1CCc1ccc(S(N)(=O)=O)cc1)c1ccc(Br)cc1. The van der Waals surface area contributed by atoms with Crippen molar-refractivity contribution < 1.29 is 13.2 Å². The molecule has 3 N–H and O–H groups in total. The Hall–Kier alpha value is -3.32. The van der Waals surface area contributed by atoms with Crippen LogP contribution in [0.2, 0.25) is 0 Å². The second kappa shape index (κ2) is 12.0. The van der Waals surface area contributed by atoms with Crippen molar-refractivity contribution in [3.63, 3.8) is 0 Å². The maximum atomic E-state index is 13.3. The molecule has 9 nitrogen and oxygen atoms in total. The van der Waals surface area contributed by atoms with Crippen LogP contribution in [-0.2, 0) is 27.8 Å². The highest BCUT2D eigenvalue weighted by molar-refractivity contribution is 9.10. The molecule has 0 radical (unpaired) electrons. The molecule has 4 rings (SSSR count). The second-order valence-electron chi connectivity index (χ2n) is 8.34. The Morgan fingerprint density at radius 1 is 1.08 bits per heavy atom. The Balaban J connectivity index is 1.50. The van der Waals surface area contributed by atoms with E-state index < -0.39 is 10.0 Å². The summed E-state index contributed by atoms with van der Waals surface area (Å²) in [5.41, 5.74) is 5.23. The molecule has 4 aromatic rings. The third-order valence-corrected chi connectivity index (χ3v) is 8.08. The normalized spacial score (nSPS) is 12.0. The number of nitrogens with one attached hydrogen (secondary N) is 1. The fourth-order valence-electron chi connectivity index (χ4n) is 3.61. The highest BCUT2D eigenvalue weighted by Crippen LogP contribution is 2.19. The van der Waals surface area contributed by atoms with Crippen LogP contribution in [0.25, 0.3) is 10.9 Å². The molecule has 0 aliphatic rings. The van der Waals surface area contributed by atoms with Crippen LogP contribution < -0.4 is 16.1 Å². The van der Waals surface area contributed by atoms with E-state index >= 15 is 0 Å². The number of carbonyl (C=O) groups excluding carboxylic acids is 1. The zero-order valence-corrected chi connectivity index (χ0v) is 23.5. The number of halogens is 1. The van der Waals surface area contributed by atoms with Crippen LogP contribution in [0.5, 0.6) is 0 Å². The molecule has 0 aliphatic heterocycles. The molecule has 196 valence electrons. The van der Waals surface area contributed by atoms with Gasteiger partial charge in [-0.1, -0.05) is 64.1 Å². The maximum Gasteiger partial charge on any atom is 0.262 e. The summed E-state index contributed by atoms with van der Waals surface area (Å²) < 4.78 is 25.5. The molecule has 0 atom stereocenters. The van der Waals surface area contributed by atoms with Crippen molar-refractivity contribution >= 4 is 60.2 Å². The monoisotopic (exact) mass is 613 g/mol. The van der Waals surface area contributed by atoms with Crippen molar-refractivity contribution in [2.75, 3.05) is 5.75 Å². The molecule has 1 amide bonds. The number of nitrogens with two attached hydrogens (primary N) is 1. The lowest BCUT2D eigenvalue weighted by Crippen LogP contribution is -2.26. The number of thioether (sulfide) groups is 1. The Bertz CT molecular complexity index is 1670. The first-order valence-electron chi connectivity index (χ1n) is 11.4. The second-order valence-corrected chi connectivity index (χ2v) is 11.8. The third kappa shape index (κ3) is 6.95. The van der Waals surface area contributed by atoms with Crippen molar-refractivity contribution in [2.45, 2.75) is 29.9 Å². The van der Waals surface area contributed by atoms with Crippen LogP contribution >= 0.6 is 27.7 Å². The number of fused-ring (bicyclic) bond motifs is 1. The number of carbonyl (C=O) groups is 1. The number of hydrogen-bond acceptors (Lipinski definition) is 7. The van der Waals surface area contributed by atoms with Gasteiger partial charge in [0.15, 0.2) is 5.16 Å². The van der Waals surface area contributed by atoms with Gasteiger partial charge in [0.2, 0.25) is 10.0 Å². The number of amides is 1. The minimum atomic E-state index is -3.79. The summed E-state index contributed by atoms with van der Waals surface area (Å²) in [6, 6.07) is 20.8. The Labute approximate surface area is 232 Å². The fraction of sp³-hybridized carbons (Fsp3) is 0.154. The zero-order valence-electron chi connectivity index (χ0n) is 20.3. The molecule has 0 fully saturated rings. The number of aryl methyl sites for hydroxylation is 1. The van der Waals surface area contributed by atoms with Gasteiger partial charge in [0.05, 0.1) is 27.3 Å². The first-order valence-corrected chi connectivity index (χ1v) is 14.8. The summed E-state index contributed by atoms with van der Waals surface area (Å²) in [6.07, 6.45) is 0.446. The number of primary sulfonamides is 1. The predicted octanol–water partition coefficient (Wildman–Crippen LogP) is 3.68. The Kier molecular flexibility index (Phi) is 8.77. The fourth-order valence-corrected chi connectivity index (χ4v) is 5.20. The van der Waals surface area contributed by atoms with Crippen LogP contribution in [0, 0.1) is 0 Å². The lowest BCUT2D eigenvalue weighted by molar-refractivity contribution is -0.118. The van der Waals surface area contributed by atoms with Crippen LogP contribution in [0.3, 0.4) is 0 Å². The number of hydrogen-bond donors (Lipinski definition) is 2. The summed E-state index contributed by atoms with van der Waals surface area (Å²) in [4.78, 5) is 30.5. The summed E-state index contributed by atoms with van der Waals surface area (Å²) in [7, 11) is -3.79. The summed E-state index contributed by atoms with van der Waals surface area (Å²) in [5.74, 6) is -0.329. The number of para-hydroxylation sites is 1. The van der Waals surface area contributed by atoms with Gasteiger partial charge in [-0.2, -0.15) is 5.10 Å². The molecule has 3 aromatic carbocycles. The van der Waals surface area contributed by atoms with E-state index in [1.54, 1.807) is 43.3 Å². The number of aromatic nitrogens is 2. The first kappa shape index (κ1) is 27.7. The van der Waals surface area contributed by atoms with Gasteiger partial charge in [0.25, 0.3) is 11.5 Å². The van der Waals surface area contributed by atoms with Crippen molar-refractivity contribution in [1.82, 2.24) is 15.0 Å². The molecule has 1 aromatic heterocycles. The molecule has 0 aliphatic carbocycles. The standard InChI is InChI=1S/C26H24BrN5O4S2/c1-17(19-8-10-20(27)11-9-19)30-31-24(33)16-37-26-29-23-5-3-2-4-22(23)25(34)32(26)15-14-18-6-12-21(13-7-18)38(28,35)36/h2-13H,14-16H2,1H3,(H,31,33)(H2,28,35,36)/b30-17+. The van der Waals surface area contributed by atoms with Gasteiger partial charge < -0.3 is 0 Å². The Morgan fingerprint density at radius 3 is 2.45 bits per heavy atom. The number of nitrogens with zero attached hydrogens (tertiary/aromatic N) is 3. The number of sulfonamides is 1. The van der Waals surface area contributed by atoms with Gasteiger partial charge in [-0.15, -0.1) is 0 Å². The van der Waals surface area contributed by atoms with Gasteiger partial charge >= 0.3 is 0 Å². The van der Waals surface area contributed by atoms with E-state index in [1.165, 1.54) is 16.7 Å². The predicted molar refractivity (Wildman–Crippen MR) is 153 cm³/mol. The van der Waals surface area contributed by atoms with Gasteiger partial charge in [0, 0.05) is 11.0 Å². The quantitative estimate of drug-likeness (QED) is 0.128. The molecule has 38 heavy (non-hydrogen) atoms. The molecule has 12 heteroatoms. The topological polar surface area (TPSA) is 137 Å². The average Bonchev–Trinajstić information content (AvgIpc) is 2.90. The number of hydrazone groups is 1. The van der Waals surface area contributed by atoms with Crippen molar-refractivity contribution in [3.05, 3.63) is 98.7 Å². The van der Waals surface area contributed by atoms with Crippen LogP contribution in [0.15, 0.2) is 97.2 Å². The highest BCUT2D eigenvalue weighted by atomic mass is 79.9. The minimum Gasteiger partial charge on any atom is -0.287 e. The van der Waals surface area contributed by atoms with Gasteiger partial charge in [-0.3, -0.25) is 14.2 Å². The van der Waals surface area contributed by atoms with Crippen molar-refractivity contribution in [2.24, 2.45) is 10.2 Å². The number of benzene rings is 3. The van der Waals surface area contributed by atoms with Crippen LogP contribution in [0.4, 0.5) is 0 Å². The molecule has 0 bridgehead atoms. The van der Waals surface area contributed by atoms with Crippen molar-refractivity contribution in [1.29, 1.82) is 0 Å². The van der Waals surface area contributed by atoms with E-state index in [1.807, 2.05) is 24.3 Å². The van der Waals surface area contributed by atoms with E-state index in [9.17, 15) is 18.0 Å². The summed E-state index contributed by atoms with van der Waals surface area (Å²) >= 11 is 4.53.